The van der Waals surface area contributed by atoms with Gasteiger partial charge in [0.2, 0.25) is 0 Å². The molecule has 4 rings (SSSR count). The number of amides is 2. The van der Waals surface area contributed by atoms with Gasteiger partial charge in [0.05, 0.1) is 0 Å². The molecule has 2 amide bonds. The third-order valence-electron chi connectivity index (χ3n) is 5.28. The van der Waals surface area contributed by atoms with Crippen LogP contribution in [0.2, 0.25) is 0 Å². The zero-order chi connectivity index (χ0) is 18.3. The molecule has 136 valence electrons. The number of nitrogens with zero attached hydrogens (tertiary/aromatic N) is 3. The van der Waals surface area contributed by atoms with E-state index in [0.717, 1.165) is 17.7 Å². The third-order valence-corrected chi connectivity index (χ3v) is 5.28. The Balaban J connectivity index is 1.65. The molecule has 1 fully saturated rings. The number of fused-ring (bicyclic) bond motifs is 4. The Bertz CT molecular complexity index is 875. The molecule has 2 aromatic heterocycles. The van der Waals surface area contributed by atoms with Crippen molar-refractivity contribution < 1.29 is 4.79 Å². The second-order valence-corrected chi connectivity index (χ2v) is 7.64. The minimum atomic E-state index is -0.00234. The van der Waals surface area contributed by atoms with Crippen LogP contribution in [0.1, 0.15) is 31.9 Å². The zero-order valence-electron chi connectivity index (χ0n) is 15.2. The Morgan fingerprint density at radius 1 is 1.23 bits per heavy atom. The molecule has 0 aromatic carbocycles. The predicted molar refractivity (Wildman–Crippen MR) is 100 cm³/mol. The van der Waals surface area contributed by atoms with Gasteiger partial charge in [-0.3, -0.25) is 9.78 Å². The summed E-state index contributed by atoms with van der Waals surface area (Å²) in [5.41, 5.74) is 2.63. The van der Waals surface area contributed by atoms with Crippen molar-refractivity contribution >= 4 is 6.03 Å². The summed E-state index contributed by atoms with van der Waals surface area (Å²) in [6.07, 6.45) is 4.48. The van der Waals surface area contributed by atoms with E-state index in [1.807, 2.05) is 41.5 Å². The molecule has 2 unspecified atom stereocenters. The van der Waals surface area contributed by atoms with E-state index in [2.05, 4.69) is 16.4 Å². The van der Waals surface area contributed by atoms with Crippen LogP contribution in [0.15, 0.2) is 41.5 Å². The van der Waals surface area contributed by atoms with Crippen LogP contribution >= 0.6 is 0 Å². The summed E-state index contributed by atoms with van der Waals surface area (Å²) in [6, 6.07) is 7.84. The van der Waals surface area contributed by atoms with E-state index < -0.39 is 0 Å². The highest BCUT2D eigenvalue weighted by Gasteiger charge is 2.36. The molecule has 2 bridgehead atoms. The fraction of sp³-hybridized carbons (Fsp3) is 0.450. The zero-order valence-corrected chi connectivity index (χ0v) is 15.2. The molecule has 0 spiro atoms. The summed E-state index contributed by atoms with van der Waals surface area (Å²) in [5.74, 6) is 0.539. The van der Waals surface area contributed by atoms with Crippen molar-refractivity contribution in [1.82, 2.24) is 19.8 Å². The molecule has 2 aliphatic heterocycles. The number of nitrogens with one attached hydrogen (secondary N) is 1. The maximum absolute atomic E-state index is 13.0. The average Bonchev–Trinajstić information content (AvgIpc) is 2.62. The number of hydrogen-bond acceptors (Lipinski definition) is 3. The maximum Gasteiger partial charge on any atom is 0.317 e. The van der Waals surface area contributed by atoms with Crippen LogP contribution in [0, 0.1) is 5.92 Å². The lowest BCUT2D eigenvalue weighted by Crippen LogP contribution is -2.52. The van der Waals surface area contributed by atoms with Crippen LogP contribution in [0.3, 0.4) is 0 Å². The fourth-order valence-electron chi connectivity index (χ4n) is 4.19. The molecule has 6 nitrogen and oxygen atoms in total. The number of hydrogen-bond donors (Lipinski definition) is 1. The first-order valence-electron chi connectivity index (χ1n) is 9.22. The summed E-state index contributed by atoms with van der Waals surface area (Å²) >= 11 is 0. The Hall–Kier alpha value is -2.63. The Kier molecular flexibility index (Phi) is 4.26. The van der Waals surface area contributed by atoms with Crippen molar-refractivity contribution in [3.05, 3.63) is 52.7 Å². The van der Waals surface area contributed by atoms with Crippen LogP contribution in [0.5, 0.6) is 0 Å². The second-order valence-electron chi connectivity index (χ2n) is 7.64. The molecule has 1 saturated heterocycles. The number of rotatable bonds is 2. The van der Waals surface area contributed by atoms with Gasteiger partial charge in [0.1, 0.15) is 0 Å². The third kappa shape index (κ3) is 3.00. The Morgan fingerprint density at radius 3 is 2.81 bits per heavy atom. The first-order chi connectivity index (χ1) is 12.5. The molecule has 4 heterocycles. The SMILES string of the molecule is CC(C)NC(=O)N1CC2CC(C1)c1ccc(-c3cccnc3)c(=O)n1C2. The van der Waals surface area contributed by atoms with E-state index in [1.54, 1.807) is 12.4 Å². The number of likely N-dealkylation sites (tertiary alicyclic amines) is 1. The van der Waals surface area contributed by atoms with Crippen molar-refractivity contribution in [3.8, 4) is 11.1 Å². The van der Waals surface area contributed by atoms with Crippen molar-refractivity contribution in [1.29, 1.82) is 0 Å². The molecule has 0 saturated carbocycles. The standard InChI is InChI=1S/C20H24N4O2/c1-13(2)22-20(26)23-10-14-8-16(12-23)18-6-5-17(19(25)24(18)11-14)15-4-3-7-21-9-15/h3-7,9,13-14,16H,8,10-12H2,1-2H3,(H,22,26). The summed E-state index contributed by atoms with van der Waals surface area (Å²) in [4.78, 5) is 31.5. The van der Waals surface area contributed by atoms with E-state index in [-0.39, 0.29) is 23.6 Å². The fourth-order valence-corrected chi connectivity index (χ4v) is 4.19. The summed E-state index contributed by atoms with van der Waals surface area (Å²) in [6.45, 7) is 5.98. The van der Waals surface area contributed by atoms with E-state index in [4.69, 9.17) is 0 Å². The number of piperidine rings is 1. The smallest absolute Gasteiger partial charge is 0.317 e. The number of pyridine rings is 2. The van der Waals surface area contributed by atoms with Gasteiger partial charge in [-0.1, -0.05) is 6.07 Å². The van der Waals surface area contributed by atoms with E-state index in [9.17, 15) is 9.59 Å². The molecule has 26 heavy (non-hydrogen) atoms. The minimum absolute atomic E-state index is 0.00234. The summed E-state index contributed by atoms with van der Waals surface area (Å²) < 4.78 is 1.92. The number of carbonyl (C=O) groups excluding carboxylic acids is 1. The molecular formula is C20H24N4O2. The van der Waals surface area contributed by atoms with Crippen LogP contribution < -0.4 is 10.9 Å². The normalized spacial score (nSPS) is 21.4. The number of carbonyl (C=O) groups is 1. The molecule has 6 heteroatoms. The topological polar surface area (TPSA) is 67.2 Å². The highest BCUT2D eigenvalue weighted by molar-refractivity contribution is 5.74. The van der Waals surface area contributed by atoms with Gasteiger partial charge in [-0.15, -0.1) is 0 Å². The van der Waals surface area contributed by atoms with Gasteiger partial charge in [0.25, 0.3) is 5.56 Å². The summed E-state index contributed by atoms with van der Waals surface area (Å²) in [7, 11) is 0. The van der Waals surface area contributed by atoms with Gasteiger partial charge in [0, 0.05) is 60.8 Å². The molecule has 2 atom stereocenters. The first kappa shape index (κ1) is 16.8. The lowest BCUT2D eigenvalue weighted by Gasteiger charge is -2.43. The van der Waals surface area contributed by atoms with Gasteiger partial charge >= 0.3 is 6.03 Å². The van der Waals surface area contributed by atoms with Crippen molar-refractivity contribution in [2.75, 3.05) is 13.1 Å². The van der Waals surface area contributed by atoms with Crippen molar-refractivity contribution in [2.24, 2.45) is 5.92 Å². The summed E-state index contributed by atoms with van der Waals surface area (Å²) in [5, 5.41) is 2.98. The Labute approximate surface area is 152 Å². The van der Waals surface area contributed by atoms with Crippen molar-refractivity contribution in [3.63, 3.8) is 0 Å². The lowest BCUT2D eigenvalue weighted by molar-refractivity contribution is 0.130. The molecule has 2 aromatic rings. The number of urea groups is 1. The highest BCUT2D eigenvalue weighted by Crippen LogP contribution is 2.35. The van der Waals surface area contributed by atoms with E-state index in [1.165, 1.54) is 0 Å². The molecule has 0 radical (unpaired) electrons. The van der Waals surface area contributed by atoms with E-state index in [0.29, 0.717) is 31.1 Å². The van der Waals surface area contributed by atoms with Crippen LogP contribution in [-0.4, -0.2) is 39.6 Å². The minimum Gasteiger partial charge on any atom is -0.336 e. The highest BCUT2D eigenvalue weighted by atomic mass is 16.2. The first-order valence-corrected chi connectivity index (χ1v) is 9.22. The van der Waals surface area contributed by atoms with Crippen LogP contribution in [-0.2, 0) is 6.54 Å². The monoisotopic (exact) mass is 352 g/mol. The second kappa shape index (κ2) is 6.59. The van der Waals surface area contributed by atoms with Gasteiger partial charge in [0.15, 0.2) is 0 Å². The van der Waals surface area contributed by atoms with Crippen molar-refractivity contribution in [2.45, 2.75) is 38.8 Å². The maximum atomic E-state index is 13.0. The average molecular weight is 352 g/mol. The molecule has 2 aliphatic rings. The largest absolute Gasteiger partial charge is 0.336 e. The quantitative estimate of drug-likeness (QED) is 0.903. The van der Waals surface area contributed by atoms with Gasteiger partial charge in [-0.25, -0.2) is 4.79 Å². The van der Waals surface area contributed by atoms with Gasteiger partial charge < -0.3 is 14.8 Å². The molecule has 0 aliphatic carbocycles. The van der Waals surface area contributed by atoms with E-state index >= 15 is 0 Å². The number of aromatic nitrogens is 2. The van der Waals surface area contributed by atoms with Crippen LogP contribution in [0.4, 0.5) is 4.79 Å². The molecule has 1 N–H and O–H groups in total. The van der Waals surface area contributed by atoms with Crippen LogP contribution in [0.25, 0.3) is 11.1 Å². The lowest BCUT2D eigenvalue weighted by atomic mass is 9.83. The van der Waals surface area contributed by atoms with Gasteiger partial charge in [-0.05, 0) is 44.4 Å². The Morgan fingerprint density at radius 2 is 2.08 bits per heavy atom. The predicted octanol–water partition coefficient (Wildman–Crippen LogP) is 2.45. The van der Waals surface area contributed by atoms with Gasteiger partial charge in [-0.2, -0.15) is 0 Å². The molecular weight excluding hydrogens is 328 g/mol.